The summed E-state index contributed by atoms with van der Waals surface area (Å²) in [6, 6.07) is 12.4. The molecule has 0 fully saturated rings. The lowest BCUT2D eigenvalue weighted by atomic mass is 10.0. The van der Waals surface area contributed by atoms with Crippen molar-refractivity contribution in [2.45, 2.75) is 0 Å². The molecule has 0 spiro atoms. The highest BCUT2D eigenvalue weighted by Crippen LogP contribution is 2.24. The van der Waals surface area contributed by atoms with Crippen LogP contribution in [0.25, 0.3) is 11.3 Å². The number of aromatic amines is 1. The Balaban J connectivity index is 1.94. The topological polar surface area (TPSA) is 111 Å². The van der Waals surface area contributed by atoms with E-state index in [4.69, 9.17) is 4.74 Å². The summed E-state index contributed by atoms with van der Waals surface area (Å²) in [6.45, 7) is 0. The highest BCUT2D eigenvalue weighted by atomic mass is 16.6. The molecule has 0 aliphatic carbocycles. The van der Waals surface area contributed by atoms with Gasteiger partial charge in [-0.2, -0.15) is 15.4 Å². The number of non-ortho nitro benzene ring substituents is 1. The van der Waals surface area contributed by atoms with Gasteiger partial charge in [-0.15, -0.1) is 0 Å². The fourth-order valence-electron chi connectivity index (χ4n) is 2.21. The van der Waals surface area contributed by atoms with Gasteiger partial charge in [0.2, 0.25) is 5.78 Å². The van der Waals surface area contributed by atoms with Crippen LogP contribution in [0.1, 0.15) is 16.1 Å². The zero-order chi connectivity index (χ0) is 17.1. The molecule has 0 aliphatic heterocycles. The second-order valence-corrected chi connectivity index (χ2v) is 4.88. The maximum Gasteiger partial charge on any atom is 0.269 e. The third-order valence-electron chi connectivity index (χ3n) is 3.47. The van der Waals surface area contributed by atoms with Crippen molar-refractivity contribution >= 4 is 11.5 Å². The van der Waals surface area contributed by atoms with Crippen molar-refractivity contribution in [2.24, 2.45) is 0 Å². The summed E-state index contributed by atoms with van der Waals surface area (Å²) in [7, 11) is 1.54. The third kappa shape index (κ3) is 2.84. The van der Waals surface area contributed by atoms with Gasteiger partial charge in [-0.05, 0) is 36.4 Å². The van der Waals surface area contributed by atoms with Crippen molar-refractivity contribution in [1.29, 1.82) is 0 Å². The quantitative estimate of drug-likeness (QED) is 0.439. The monoisotopic (exact) mass is 324 g/mol. The van der Waals surface area contributed by atoms with E-state index in [1.54, 1.807) is 31.4 Å². The smallest absolute Gasteiger partial charge is 0.269 e. The molecule has 24 heavy (non-hydrogen) atoms. The van der Waals surface area contributed by atoms with Gasteiger partial charge in [0.1, 0.15) is 11.4 Å². The van der Waals surface area contributed by atoms with E-state index < -0.39 is 4.92 Å². The number of methoxy groups -OCH3 is 1. The lowest BCUT2D eigenvalue weighted by Gasteiger charge is -2.03. The number of nitrogens with one attached hydrogen (secondary N) is 1. The van der Waals surface area contributed by atoms with Crippen LogP contribution in [-0.2, 0) is 0 Å². The van der Waals surface area contributed by atoms with Crippen LogP contribution < -0.4 is 4.74 Å². The van der Waals surface area contributed by atoms with E-state index in [2.05, 4.69) is 15.4 Å². The molecule has 2 aromatic carbocycles. The molecule has 3 aromatic rings. The number of aromatic nitrogens is 3. The van der Waals surface area contributed by atoms with Crippen LogP contribution in [0, 0.1) is 10.1 Å². The van der Waals surface area contributed by atoms with Gasteiger partial charge in [0, 0.05) is 23.3 Å². The largest absolute Gasteiger partial charge is 0.497 e. The van der Waals surface area contributed by atoms with Crippen LogP contribution in [0.15, 0.2) is 48.5 Å². The van der Waals surface area contributed by atoms with Gasteiger partial charge in [0.15, 0.2) is 5.69 Å². The average molecular weight is 324 g/mol. The molecule has 0 amide bonds. The molecule has 8 nitrogen and oxygen atoms in total. The Labute approximate surface area is 136 Å². The normalized spacial score (nSPS) is 10.4. The van der Waals surface area contributed by atoms with Gasteiger partial charge < -0.3 is 4.74 Å². The first-order valence-electron chi connectivity index (χ1n) is 6.94. The molecule has 0 radical (unpaired) electrons. The molecule has 0 atom stereocenters. The summed E-state index contributed by atoms with van der Waals surface area (Å²) >= 11 is 0. The second kappa shape index (κ2) is 6.29. The van der Waals surface area contributed by atoms with Crippen LogP contribution in [0.2, 0.25) is 0 Å². The van der Waals surface area contributed by atoms with Gasteiger partial charge in [-0.3, -0.25) is 14.9 Å². The number of nitro groups is 1. The minimum atomic E-state index is -0.490. The first-order valence-corrected chi connectivity index (χ1v) is 6.94. The number of nitrogens with zero attached hydrogens (tertiary/aromatic N) is 3. The van der Waals surface area contributed by atoms with Crippen molar-refractivity contribution in [3.63, 3.8) is 0 Å². The van der Waals surface area contributed by atoms with E-state index in [1.165, 1.54) is 24.3 Å². The van der Waals surface area contributed by atoms with Gasteiger partial charge >= 0.3 is 0 Å². The fraction of sp³-hybridized carbons (Fsp3) is 0.0625. The molecular formula is C16H12N4O4. The first kappa shape index (κ1) is 15.3. The minimum Gasteiger partial charge on any atom is -0.497 e. The number of carbonyl (C=O) groups is 1. The summed E-state index contributed by atoms with van der Waals surface area (Å²) in [5, 5.41) is 21.1. The van der Waals surface area contributed by atoms with E-state index >= 15 is 0 Å². The molecule has 1 aromatic heterocycles. The number of hydrogen-bond acceptors (Lipinski definition) is 6. The van der Waals surface area contributed by atoms with Crippen molar-refractivity contribution in [3.05, 3.63) is 69.9 Å². The van der Waals surface area contributed by atoms with Gasteiger partial charge in [0.05, 0.1) is 12.0 Å². The standard InChI is InChI=1S/C16H12N4O4/c1-24-13-8-4-11(5-9-13)16(21)15-14(17-19-18-15)10-2-6-12(7-3-10)20(22)23/h2-9H,1H3,(H,17,18,19). The summed E-state index contributed by atoms with van der Waals surface area (Å²) < 4.78 is 5.06. The summed E-state index contributed by atoms with van der Waals surface area (Å²) in [5.41, 5.74) is 1.45. The van der Waals surface area contributed by atoms with Crippen LogP contribution in [0.3, 0.4) is 0 Å². The molecule has 3 rings (SSSR count). The lowest BCUT2D eigenvalue weighted by molar-refractivity contribution is -0.384. The SMILES string of the molecule is COc1ccc(C(=O)c2n[nH]nc2-c2ccc([N+](=O)[O-])cc2)cc1. The minimum absolute atomic E-state index is 0.0368. The highest BCUT2D eigenvalue weighted by molar-refractivity contribution is 6.10. The van der Waals surface area contributed by atoms with Crippen molar-refractivity contribution in [3.8, 4) is 17.0 Å². The fourth-order valence-corrected chi connectivity index (χ4v) is 2.21. The molecule has 1 N–H and O–H groups in total. The van der Waals surface area contributed by atoms with Crippen molar-refractivity contribution in [2.75, 3.05) is 7.11 Å². The van der Waals surface area contributed by atoms with E-state index in [-0.39, 0.29) is 17.2 Å². The zero-order valence-electron chi connectivity index (χ0n) is 12.6. The molecule has 120 valence electrons. The number of hydrogen-bond donors (Lipinski definition) is 1. The number of rotatable bonds is 5. The maximum absolute atomic E-state index is 12.6. The molecule has 0 bridgehead atoms. The number of ether oxygens (including phenoxy) is 1. The Morgan fingerprint density at radius 1 is 1.08 bits per heavy atom. The van der Waals surface area contributed by atoms with Crippen molar-refractivity contribution in [1.82, 2.24) is 15.4 Å². The molecule has 0 saturated carbocycles. The predicted octanol–water partition coefficient (Wildman–Crippen LogP) is 2.62. The summed E-state index contributed by atoms with van der Waals surface area (Å²) in [6.07, 6.45) is 0. The Morgan fingerprint density at radius 2 is 1.75 bits per heavy atom. The van der Waals surface area contributed by atoms with Gasteiger partial charge in [-0.25, -0.2) is 0 Å². The Kier molecular flexibility index (Phi) is 4.02. The van der Waals surface area contributed by atoms with E-state index in [0.29, 0.717) is 22.6 Å². The summed E-state index contributed by atoms with van der Waals surface area (Å²) in [4.78, 5) is 22.8. The Morgan fingerprint density at radius 3 is 2.33 bits per heavy atom. The van der Waals surface area contributed by atoms with E-state index in [1.807, 2.05) is 0 Å². The zero-order valence-corrected chi connectivity index (χ0v) is 12.6. The molecule has 0 saturated heterocycles. The predicted molar refractivity (Wildman–Crippen MR) is 84.9 cm³/mol. The second-order valence-electron chi connectivity index (χ2n) is 4.88. The number of benzene rings is 2. The van der Waals surface area contributed by atoms with Crippen LogP contribution in [0.5, 0.6) is 5.75 Å². The highest BCUT2D eigenvalue weighted by Gasteiger charge is 2.20. The van der Waals surface area contributed by atoms with Crippen LogP contribution >= 0.6 is 0 Å². The van der Waals surface area contributed by atoms with Gasteiger partial charge in [-0.1, -0.05) is 0 Å². The number of H-pyrrole nitrogens is 1. The molecule has 1 heterocycles. The Hall–Kier alpha value is -3.55. The number of nitro benzene ring substituents is 1. The van der Waals surface area contributed by atoms with E-state index in [0.717, 1.165) is 0 Å². The molecular weight excluding hydrogens is 312 g/mol. The average Bonchev–Trinajstić information content (AvgIpc) is 3.11. The van der Waals surface area contributed by atoms with Crippen molar-refractivity contribution < 1.29 is 14.5 Å². The maximum atomic E-state index is 12.6. The van der Waals surface area contributed by atoms with Crippen LogP contribution in [0.4, 0.5) is 5.69 Å². The van der Waals surface area contributed by atoms with Crippen LogP contribution in [-0.4, -0.2) is 33.2 Å². The third-order valence-corrected chi connectivity index (χ3v) is 3.47. The molecule has 0 unspecified atom stereocenters. The molecule has 0 aliphatic rings. The summed E-state index contributed by atoms with van der Waals surface area (Å²) in [5.74, 6) is 0.335. The number of carbonyl (C=O) groups excluding carboxylic acids is 1. The first-order chi connectivity index (χ1) is 11.6. The Bertz CT molecular complexity index is 885. The van der Waals surface area contributed by atoms with Gasteiger partial charge in [0.25, 0.3) is 5.69 Å². The number of ketones is 1. The lowest BCUT2D eigenvalue weighted by Crippen LogP contribution is -2.04. The van der Waals surface area contributed by atoms with E-state index in [9.17, 15) is 14.9 Å². The molecule has 8 heteroatoms.